The topological polar surface area (TPSA) is 39.7 Å². The van der Waals surface area contributed by atoms with Crippen molar-refractivity contribution in [1.29, 1.82) is 0 Å². The van der Waals surface area contributed by atoms with Crippen LogP contribution in [-0.4, -0.2) is 40.0 Å². The molecule has 1 aliphatic heterocycles. The van der Waals surface area contributed by atoms with Gasteiger partial charge >= 0.3 is 0 Å². The van der Waals surface area contributed by atoms with Crippen LogP contribution >= 0.6 is 0 Å². The van der Waals surface area contributed by atoms with Crippen molar-refractivity contribution in [3.63, 3.8) is 0 Å². The molecule has 0 aromatic heterocycles. The Bertz CT molecular complexity index is 684. The maximum absolute atomic E-state index is 13.8. The summed E-state index contributed by atoms with van der Waals surface area (Å²) >= 11 is 0. The van der Waals surface area contributed by atoms with Crippen molar-refractivity contribution in [3.05, 3.63) is 48.3 Å². The number of nitrogens with one attached hydrogen (secondary N) is 1. The summed E-state index contributed by atoms with van der Waals surface area (Å²) < 4.78 is 30.9. The van der Waals surface area contributed by atoms with E-state index < -0.39 is 0 Å². The van der Waals surface area contributed by atoms with Crippen molar-refractivity contribution in [3.8, 4) is 22.6 Å². The fourth-order valence-corrected chi connectivity index (χ4v) is 2.98. The van der Waals surface area contributed by atoms with Crippen LogP contribution in [0.3, 0.4) is 0 Å². The largest absolute Gasteiger partial charge is 0.493 e. The highest BCUT2D eigenvalue weighted by molar-refractivity contribution is 5.71. The van der Waals surface area contributed by atoms with Crippen LogP contribution in [0.25, 0.3) is 11.1 Å². The van der Waals surface area contributed by atoms with Crippen LogP contribution in [0, 0.1) is 11.7 Å². The summed E-state index contributed by atoms with van der Waals surface area (Å²) in [6.45, 7) is 3.61. The fraction of sp³-hybridized carbons (Fsp3) is 0.429. The van der Waals surface area contributed by atoms with Gasteiger partial charge in [0.15, 0.2) is 0 Å². The number of rotatable bonds is 8. The average Bonchev–Trinajstić information content (AvgIpc) is 2.68. The normalized spacial score (nSPS) is 15.0. The van der Waals surface area contributed by atoms with Gasteiger partial charge in [-0.25, -0.2) is 4.39 Å². The molecule has 0 spiro atoms. The van der Waals surface area contributed by atoms with Crippen LogP contribution in [0.15, 0.2) is 42.5 Å². The Balaban J connectivity index is 1.70. The van der Waals surface area contributed by atoms with Crippen LogP contribution in [0.2, 0.25) is 0 Å². The summed E-state index contributed by atoms with van der Waals surface area (Å²) in [5.74, 6) is 1.73. The molecular weight excluding hydrogens is 333 g/mol. The molecule has 2 aromatic carbocycles. The first-order valence-corrected chi connectivity index (χ1v) is 9.14. The van der Waals surface area contributed by atoms with E-state index in [1.807, 2.05) is 31.3 Å². The molecule has 4 nitrogen and oxygen atoms in total. The molecule has 0 unspecified atom stereocenters. The molecule has 0 bridgehead atoms. The Hall–Kier alpha value is -2.11. The van der Waals surface area contributed by atoms with Crippen molar-refractivity contribution in [2.45, 2.75) is 12.8 Å². The summed E-state index contributed by atoms with van der Waals surface area (Å²) in [5, 5.41) is 3.04. The number of hydrogen-bond acceptors (Lipinski definition) is 4. The third-order valence-corrected chi connectivity index (χ3v) is 4.54. The van der Waals surface area contributed by atoms with E-state index in [1.165, 1.54) is 12.1 Å². The molecule has 0 aliphatic carbocycles. The molecule has 3 rings (SSSR count). The highest BCUT2D eigenvalue weighted by Gasteiger charge is 2.16. The Morgan fingerprint density at radius 1 is 1.08 bits per heavy atom. The molecule has 1 aliphatic rings. The molecule has 26 heavy (non-hydrogen) atoms. The standard InChI is InChI=1S/C21H26FNO3/c1-23-10-13-25-19-5-2-17(3-6-19)20-14-18(22)4-7-21(20)26-15-16-8-11-24-12-9-16/h2-7,14,16,23H,8-13,15H2,1H3. The van der Waals surface area contributed by atoms with Crippen LogP contribution in [0.5, 0.6) is 11.5 Å². The van der Waals surface area contributed by atoms with E-state index in [4.69, 9.17) is 14.2 Å². The number of likely N-dealkylation sites (N-methyl/N-ethyl adjacent to an activating group) is 1. The van der Waals surface area contributed by atoms with Gasteiger partial charge in [0.2, 0.25) is 0 Å². The third kappa shape index (κ3) is 5.19. The van der Waals surface area contributed by atoms with Crippen LogP contribution in [-0.2, 0) is 4.74 Å². The van der Waals surface area contributed by atoms with Crippen molar-refractivity contribution in [1.82, 2.24) is 5.32 Å². The summed E-state index contributed by atoms with van der Waals surface area (Å²) in [4.78, 5) is 0. The Kier molecular flexibility index (Phi) is 6.86. The highest BCUT2D eigenvalue weighted by atomic mass is 19.1. The average molecular weight is 359 g/mol. The molecule has 0 radical (unpaired) electrons. The van der Waals surface area contributed by atoms with Gasteiger partial charge in [-0.15, -0.1) is 0 Å². The first kappa shape index (κ1) is 18.7. The second-order valence-corrected chi connectivity index (χ2v) is 6.48. The van der Waals surface area contributed by atoms with Gasteiger partial charge in [-0.1, -0.05) is 12.1 Å². The van der Waals surface area contributed by atoms with Crippen molar-refractivity contribution >= 4 is 0 Å². The van der Waals surface area contributed by atoms with E-state index in [0.717, 1.165) is 49.5 Å². The number of hydrogen-bond donors (Lipinski definition) is 1. The zero-order chi connectivity index (χ0) is 18.2. The molecule has 0 amide bonds. The van der Waals surface area contributed by atoms with Crippen LogP contribution in [0.4, 0.5) is 4.39 Å². The lowest BCUT2D eigenvalue weighted by Gasteiger charge is -2.23. The minimum absolute atomic E-state index is 0.271. The van der Waals surface area contributed by atoms with Gasteiger partial charge < -0.3 is 19.5 Å². The summed E-state index contributed by atoms with van der Waals surface area (Å²) in [7, 11) is 1.89. The Morgan fingerprint density at radius 3 is 2.58 bits per heavy atom. The summed E-state index contributed by atoms with van der Waals surface area (Å²) in [6, 6.07) is 12.3. The van der Waals surface area contributed by atoms with Crippen molar-refractivity contribution < 1.29 is 18.6 Å². The van der Waals surface area contributed by atoms with E-state index in [0.29, 0.717) is 24.9 Å². The van der Waals surface area contributed by atoms with E-state index >= 15 is 0 Å². The maximum atomic E-state index is 13.8. The molecule has 1 fully saturated rings. The van der Waals surface area contributed by atoms with Gasteiger partial charge in [0.05, 0.1) is 6.61 Å². The minimum atomic E-state index is -0.271. The molecule has 0 atom stereocenters. The van der Waals surface area contributed by atoms with Gasteiger partial charge in [0, 0.05) is 25.3 Å². The third-order valence-electron chi connectivity index (χ3n) is 4.54. The first-order valence-electron chi connectivity index (χ1n) is 9.14. The molecule has 1 heterocycles. The second kappa shape index (κ2) is 9.55. The zero-order valence-corrected chi connectivity index (χ0v) is 15.2. The SMILES string of the molecule is CNCCOc1ccc(-c2cc(F)ccc2OCC2CCOCC2)cc1. The zero-order valence-electron chi connectivity index (χ0n) is 15.2. The lowest BCUT2D eigenvalue weighted by atomic mass is 10.0. The monoisotopic (exact) mass is 359 g/mol. The number of ether oxygens (including phenoxy) is 3. The maximum Gasteiger partial charge on any atom is 0.127 e. The predicted octanol–water partition coefficient (Wildman–Crippen LogP) is 3.90. The Labute approximate surface area is 154 Å². The molecule has 1 N–H and O–H groups in total. The lowest BCUT2D eigenvalue weighted by molar-refractivity contribution is 0.0498. The van der Waals surface area contributed by atoms with Crippen LogP contribution < -0.4 is 14.8 Å². The van der Waals surface area contributed by atoms with Gasteiger partial charge in [0.25, 0.3) is 0 Å². The van der Waals surface area contributed by atoms with Crippen molar-refractivity contribution in [2.75, 3.05) is 40.0 Å². The predicted molar refractivity (Wildman–Crippen MR) is 100 cm³/mol. The molecule has 0 saturated carbocycles. The first-order chi connectivity index (χ1) is 12.8. The lowest BCUT2D eigenvalue weighted by Crippen LogP contribution is -2.21. The Morgan fingerprint density at radius 2 is 1.85 bits per heavy atom. The molecule has 1 saturated heterocycles. The summed E-state index contributed by atoms with van der Waals surface area (Å²) in [6.07, 6.45) is 2.02. The van der Waals surface area contributed by atoms with Gasteiger partial charge in [0.1, 0.15) is 23.9 Å². The van der Waals surface area contributed by atoms with E-state index in [2.05, 4.69) is 5.32 Å². The highest BCUT2D eigenvalue weighted by Crippen LogP contribution is 2.32. The fourth-order valence-electron chi connectivity index (χ4n) is 2.98. The van der Waals surface area contributed by atoms with Crippen molar-refractivity contribution in [2.24, 2.45) is 5.92 Å². The number of halogens is 1. The molecular formula is C21H26FNO3. The number of benzene rings is 2. The quantitative estimate of drug-likeness (QED) is 0.726. The van der Waals surface area contributed by atoms with Gasteiger partial charge in [-0.3, -0.25) is 0 Å². The van der Waals surface area contributed by atoms with Gasteiger partial charge in [-0.2, -0.15) is 0 Å². The van der Waals surface area contributed by atoms with Gasteiger partial charge in [-0.05, 0) is 61.7 Å². The summed E-state index contributed by atoms with van der Waals surface area (Å²) in [5.41, 5.74) is 1.67. The van der Waals surface area contributed by atoms with Crippen LogP contribution in [0.1, 0.15) is 12.8 Å². The molecule has 140 valence electrons. The molecule has 2 aromatic rings. The van der Waals surface area contributed by atoms with E-state index in [1.54, 1.807) is 6.07 Å². The minimum Gasteiger partial charge on any atom is -0.493 e. The second-order valence-electron chi connectivity index (χ2n) is 6.48. The molecule has 5 heteroatoms. The van der Waals surface area contributed by atoms with E-state index in [-0.39, 0.29) is 5.82 Å². The smallest absolute Gasteiger partial charge is 0.127 e. The van der Waals surface area contributed by atoms with E-state index in [9.17, 15) is 4.39 Å².